The van der Waals surface area contributed by atoms with Gasteiger partial charge in [-0.3, -0.25) is 10.4 Å². The molecule has 0 saturated carbocycles. The Balaban J connectivity index is 4.18. The van der Waals surface area contributed by atoms with Gasteiger partial charge < -0.3 is 10.1 Å². The highest BCUT2D eigenvalue weighted by Crippen LogP contribution is 2.20. The molecule has 0 saturated heterocycles. The largest absolute Gasteiger partial charge is 0.385 e. The Morgan fingerprint density at radius 1 is 1.44 bits per heavy atom. The van der Waals surface area contributed by atoms with E-state index in [1.54, 1.807) is 7.11 Å². The lowest BCUT2D eigenvalue weighted by atomic mass is 9.90. The monoisotopic (exact) mass is 230 g/mol. The second-order valence-corrected chi connectivity index (χ2v) is 5.02. The maximum absolute atomic E-state index is 5.38. The first kappa shape index (κ1) is 15.2. The molecular formula is C11H26N4O. The molecule has 0 aliphatic heterocycles. The molecule has 0 unspecified atom stereocenters. The van der Waals surface area contributed by atoms with Crippen molar-refractivity contribution in [2.45, 2.75) is 40.2 Å². The van der Waals surface area contributed by atoms with Gasteiger partial charge in [-0.2, -0.15) is 0 Å². The summed E-state index contributed by atoms with van der Waals surface area (Å²) in [5.41, 5.74) is 2.69. The van der Waals surface area contributed by atoms with E-state index < -0.39 is 0 Å². The second-order valence-electron chi connectivity index (χ2n) is 5.02. The zero-order valence-electron chi connectivity index (χ0n) is 11.1. The van der Waals surface area contributed by atoms with Crippen LogP contribution >= 0.6 is 0 Å². The molecule has 0 atom stereocenters. The molecule has 96 valence electrons. The van der Waals surface area contributed by atoms with Crippen molar-refractivity contribution in [1.29, 1.82) is 0 Å². The Hall–Kier alpha value is -0.810. The van der Waals surface area contributed by atoms with Gasteiger partial charge in [0.15, 0.2) is 0 Å². The minimum atomic E-state index is 0.122. The van der Waals surface area contributed by atoms with Crippen LogP contribution in [-0.2, 0) is 4.74 Å². The maximum atomic E-state index is 5.38. The highest BCUT2D eigenvalue weighted by atomic mass is 16.5. The maximum Gasteiger partial charge on any atom is 0.205 e. The molecule has 0 aliphatic rings. The minimum absolute atomic E-state index is 0.122. The van der Waals surface area contributed by atoms with Gasteiger partial charge in [-0.05, 0) is 25.7 Å². The molecule has 0 aromatic rings. The van der Waals surface area contributed by atoms with Gasteiger partial charge in [-0.1, -0.05) is 13.8 Å². The van der Waals surface area contributed by atoms with Gasteiger partial charge in [-0.15, -0.1) is 0 Å². The van der Waals surface area contributed by atoms with E-state index in [0.717, 1.165) is 19.6 Å². The van der Waals surface area contributed by atoms with Gasteiger partial charge in [0.2, 0.25) is 5.96 Å². The molecule has 0 heterocycles. The van der Waals surface area contributed by atoms with Gasteiger partial charge in [0, 0.05) is 26.3 Å². The smallest absolute Gasteiger partial charge is 0.205 e. The summed E-state index contributed by atoms with van der Waals surface area (Å²) in [6, 6.07) is 0.317. The van der Waals surface area contributed by atoms with Crippen molar-refractivity contribution in [3.8, 4) is 0 Å². The summed E-state index contributed by atoms with van der Waals surface area (Å²) < 4.78 is 5.07. The first-order chi connectivity index (χ1) is 7.41. The van der Waals surface area contributed by atoms with Crippen LogP contribution in [0.1, 0.15) is 34.1 Å². The van der Waals surface area contributed by atoms with Crippen molar-refractivity contribution in [3.05, 3.63) is 0 Å². The van der Waals surface area contributed by atoms with Crippen LogP contribution in [0.2, 0.25) is 0 Å². The number of nitrogens with one attached hydrogen (secondary N) is 2. The molecule has 0 fully saturated rings. The molecule has 0 rings (SSSR count). The Kier molecular flexibility index (Phi) is 7.08. The van der Waals surface area contributed by atoms with Gasteiger partial charge in [0.05, 0.1) is 0 Å². The molecular weight excluding hydrogens is 204 g/mol. The fourth-order valence-corrected chi connectivity index (χ4v) is 1.16. The number of ether oxygens (including phenoxy) is 1. The van der Waals surface area contributed by atoms with E-state index in [4.69, 9.17) is 10.6 Å². The molecule has 0 aromatic heterocycles. The number of guanidine groups is 1. The lowest BCUT2D eigenvalue weighted by molar-refractivity contribution is 0.155. The zero-order chi connectivity index (χ0) is 12.6. The third kappa shape index (κ3) is 7.48. The lowest BCUT2D eigenvalue weighted by Crippen LogP contribution is -2.45. The van der Waals surface area contributed by atoms with Gasteiger partial charge in [-0.25, -0.2) is 5.84 Å². The highest BCUT2D eigenvalue weighted by Gasteiger charge is 2.17. The van der Waals surface area contributed by atoms with Gasteiger partial charge in [0.1, 0.15) is 0 Å². The molecule has 0 aromatic carbocycles. The molecule has 0 amide bonds. The average Bonchev–Trinajstić information content (AvgIpc) is 2.21. The Bertz CT molecular complexity index is 214. The quantitative estimate of drug-likeness (QED) is 0.274. The van der Waals surface area contributed by atoms with Crippen LogP contribution in [0.15, 0.2) is 4.99 Å². The number of nitrogens with zero attached hydrogens (tertiary/aromatic N) is 1. The van der Waals surface area contributed by atoms with Crippen LogP contribution in [0.25, 0.3) is 0 Å². The fraction of sp³-hybridized carbons (Fsp3) is 0.909. The number of hydrazine groups is 1. The molecule has 0 spiro atoms. The predicted octanol–water partition coefficient (Wildman–Crippen LogP) is 0.866. The Morgan fingerprint density at radius 3 is 2.50 bits per heavy atom. The number of nitrogens with two attached hydrogens (primary N) is 1. The Labute approximate surface area is 98.8 Å². The summed E-state index contributed by atoms with van der Waals surface area (Å²) in [7, 11) is 1.71. The molecule has 0 aliphatic carbocycles. The van der Waals surface area contributed by atoms with Crippen molar-refractivity contribution >= 4 is 5.96 Å². The predicted molar refractivity (Wildman–Crippen MR) is 68.2 cm³/mol. The van der Waals surface area contributed by atoms with Crippen molar-refractivity contribution in [2.75, 3.05) is 20.3 Å². The average molecular weight is 230 g/mol. The normalized spacial score (nSPS) is 13.1. The summed E-state index contributed by atoms with van der Waals surface area (Å²) in [6.45, 7) is 9.89. The first-order valence-corrected chi connectivity index (χ1v) is 5.68. The summed E-state index contributed by atoms with van der Waals surface area (Å²) in [6.07, 6.45) is 0.979. The minimum Gasteiger partial charge on any atom is -0.385 e. The van der Waals surface area contributed by atoms with Crippen molar-refractivity contribution in [2.24, 2.45) is 16.3 Å². The number of hydrogen-bond acceptors (Lipinski definition) is 3. The van der Waals surface area contributed by atoms with E-state index in [1.807, 2.05) is 13.8 Å². The summed E-state index contributed by atoms with van der Waals surface area (Å²) >= 11 is 0. The van der Waals surface area contributed by atoms with Gasteiger partial charge >= 0.3 is 0 Å². The van der Waals surface area contributed by atoms with Crippen LogP contribution in [0.3, 0.4) is 0 Å². The Morgan fingerprint density at radius 2 is 2.06 bits per heavy atom. The second kappa shape index (κ2) is 7.46. The molecule has 5 heteroatoms. The fourth-order valence-electron chi connectivity index (χ4n) is 1.16. The third-order valence-corrected chi connectivity index (χ3v) is 2.21. The van der Waals surface area contributed by atoms with E-state index in [9.17, 15) is 0 Å². The van der Waals surface area contributed by atoms with Crippen LogP contribution < -0.4 is 16.6 Å². The van der Waals surface area contributed by atoms with E-state index in [1.165, 1.54) is 0 Å². The summed E-state index contributed by atoms with van der Waals surface area (Å²) in [5.74, 6) is 6.02. The number of rotatable bonds is 6. The lowest BCUT2D eigenvalue weighted by Gasteiger charge is -2.22. The molecule has 4 N–H and O–H groups in total. The van der Waals surface area contributed by atoms with E-state index in [-0.39, 0.29) is 5.41 Å². The van der Waals surface area contributed by atoms with E-state index >= 15 is 0 Å². The van der Waals surface area contributed by atoms with Crippen LogP contribution in [-0.4, -0.2) is 32.3 Å². The summed E-state index contributed by atoms with van der Waals surface area (Å²) in [5, 5.41) is 3.14. The molecule has 5 nitrogen and oxygen atoms in total. The van der Waals surface area contributed by atoms with Crippen LogP contribution in [0, 0.1) is 5.41 Å². The van der Waals surface area contributed by atoms with Crippen LogP contribution in [0.4, 0.5) is 0 Å². The van der Waals surface area contributed by atoms with Crippen molar-refractivity contribution in [1.82, 2.24) is 10.7 Å². The van der Waals surface area contributed by atoms with Crippen LogP contribution in [0.5, 0.6) is 0 Å². The van der Waals surface area contributed by atoms with E-state index in [2.05, 4.69) is 29.6 Å². The number of aliphatic imine (C=N–C) groups is 1. The zero-order valence-corrected chi connectivity index (χ0v) is 11.1. The van der Waals surface area contributed by atoms with Crippen molar-refractivity contribution < 1.29 is 4.74 Å². The topological polar surface area (TPSA) is 71.7 Å². The van der Waals surface area contributed by atoms with Crippen molar-refractivity contribution in [3.63, 3.8) is 0 Å². The molecule has 16 heavy (non-hydrogen) atoms. The van der Waals surface area contributed by atoms with Gasteiger partial charge in [0.25, 0.3) is 0 Å². The summed E-state index contributed by atoms with van der Waals surface area (Å²) in [4.78, 5) is 4.42. The SMILES string of the molecule is COCCC(C)(C)CN=C(NN)NC(C)C. The number of methoxy groups -OCH3 is 1. The van der Waals surface area contributed by atoms with E-state index in [0.29, 0.717) is 12.0 Å². The third-order valence-electron chi connectivity index (χ3n) is 2.21. The number of hydrogen-bond donors (Lipinski definition) is 3. The standard InChI is InChI=1S/C11H26N4O/c1-9(2)14-10(15-12)13-8-11(3,4)6-7-16-5/h9H,6-8,12H2,1-5H3,(H2,13,14,15). The first-order valence-electron chi connectivity index (χ1n) is 5.68. The molecule has 0 bridgehead atoms. The highest BCUT2D eigenvalue weighted by molar-refractivity contribution is 5.79. The molecule has 0 radical (unpaired) electrons.